The van der Waals surface area contributed by atoms with Crippen molar-refractivity contribution in [3.8, 4) is 5.75 Å². The van der Waals surface area contributed by atoms with Gasteiger partial charge in [-0.2, -0.15) is 0 Å². The van der Waals surface area contributed by atoms with Crippen molar-refractivity contribution in [2.75, 3.05) is 0 Å². The van der Waals surface area contributed by atoms with Crippen LogP contribution in [0, 0.1) is 0 Å². The Morgan fingerprint density at radius 2 is 1.83 bits per heavy atom. The topological polar surface area (TPSA) is 57.5 Å². The number of carboxylic acids is 1. The van der Waals surface area contributed by atoms with Gasteiger partial charge in [0.25, 0.3) is 0 Å². The number of hydrogen-bond donors (Lipinski definition) is 2. The van der Waals surface area contributed by atoms with Crippen LogP contribution >= 0.6 is 22.9 Å². The summed E-state index contributed by atoms with van der Waals surface area (Å²) in [6.07, 6.45) is 1.55. The molecule has 1 aromatic carbocycles. The molecule has 5 heteroatoms. The highest BCUT2D eigenvalue weighted by Gasteiger charge is 2.12. The Balaban J connectivity index is 2.42. The molecule has 0 saturated heterocycles. The quantitative estimate of drug-likeness (QED) is 0.842. The first kappa shape index (κ1) is 12.7. The van der Waals surface area contributed by atoms with Crippen molar-refractivity contribution in [3.63, 3.8) is 0 Å². The second-order valence-electron chi connectivity index (χ2n) is 3.56. The lowest BCUT2D eigenvalue weighted by atomic mass is 10.1. The summed E-state index contributed by atoms with van der Waals surface area (Å²) >= 11 is 7.01. The summed E-state index contributed by atoms with van der Waals surface area (Å²) in [6.45, 7) is 0. The second kappa shape index (κ2) is 5.25. The number of carbonyl (C=O) groups is 1. The summed E-state index contributed by atoms with van der Waals surface area (Å²) < 4.78 is 0.544. The Bertz CT molecular complexity index is 599. The lowest BCUT2D eigenvalue weighted by Crippen LogP contribution is -1.97. The van der Waals surface area contributed by atoms with Crippen molar-refractivity contribution in [1.29, 1.82) is 0 Å². The SMILES string of the molecule is O=C(O)/C(=C\c1ccc(O)cc1)c1ccc(Cl)s1. The van der Waals surface area contributed by atoms with E-state index in [2.05, 4.69) is 0 Å². The molecule has 0 saturated carbocycles. The van der Waals surface area contributed by atoms with Crippen LogP contribution in [0.3, 0.4) is 0 Å². The van der Waals surface area contributed by atoms with Crippen LogP contribution in [0.5, 0.6) is 5.75 Å². The van der Waals surface area contributed by atoms with Crippen LogP contribution < -0.4 is 0 Å². The maximum absolute atomic E-state index is 11.2. The highest BCUT2D eigenvalue weighted by atomic mass is 35.5. The van der Waals surface area contributed by atoms with Gasteiger partial charge in [-0.05, 0) is 35.9 Å². The number of rotatable bonds is 3. The number of aromatic hydroxyl groups is 1. The van der Waals surface area contributed by atoms with E-state index in [9.17, 15) is 9.90 Å². The number of thiophene rings is 1. The Hall–Kier alpha value is -1.78. The molecule has 18 heavy (non-hydrogen) atoms. The molecule has 0 bridgehead atoms. The second-order valence-corrected chi connectivity index (χ2v) is 5.27. The fourth-order valence-electron chi connectivity index (χ4n) is 1.43. The van der Waals surface area contributed by atoms with Crippen molar-refractivity contribution < 1.29 is 15.0 Å². The van der Waals surface area contributed by atoms with Gasteiger partial charge < -0.3 is 10.2 Å². The van der Waals surface area contributed by atoms with E-state index in [1.807, 2.05) is 0 Å². The summed E-state index contributed by atoms with van der Waals surface area (Å²) in [7, 11) is 0. The molecule has 0 spiro atoms. The largest absolute Gasteiger partial charge is 0.508 e. The minimum absolute atomic E-state index is 0.142. The predicted molar refractivity (Wildman–Crippen MR) is 72.9 cm³/mol. The van der Waals surface area contributed by atoms with Gasteiger partial charge >= 0.3 is 5.97 Å². The van der Waals surface area contributed by atoms with Gasteiger partial charge in [-0.25, -0.2) is 4.79 Å². The third-order valence-corrected chi connectivity index (χ3v) is 3.54. The lowest BCUT2D eigenvalue weighted by Gasteiger charge is -2.00. The van der Waals surface area contributed by atoms with Crippen LogP contribution in [0.25, 0.3) is 11.6 Å². The van der Waals surface area contributed by atoms with Crippen LogP contribution in [0.1, 0.15) is 10.4 Å². The van der Waals surface area contributed by atoms with E-state index in [1.165, 1.54) is 23.5 Å². The lowest BCUT2D eigenvalue weighted by molar-refractivity contribution is -0.130. The first-order valence-electron chi connectivity index (χ1n) is 5.06. The summed E-state index contributed by atoms with van der Waals surface area (Å²) in [5, 5.41) is 18.4. The van der Waals surface area contributed by atoms with Crippen LogP contribution in [-0.4, -0.2) is 16.2 Å². The van der Waals surface area contributed by atoms with E-state index in [0.717, 1.165) is 0 Å². The Morgan fingerprint density at radius 1 is 1.17 bits per heavy atom. The summed E-state index contributed by atoms with van der Waals surface area (Å²) in [6, 6.07) is 9.64. The van der Waals surface area contributed by atoms with Gasteiger partial charge in [-0.3, -0.25) is 0 Å². The predicted octanol–water partition coefficient (Wildman–Crippen LogP) is 3.73. The number of halogens is 1. The molecule has 2 rings (SSSR count). The van der Waals surface area contributed by atoms with Crippen molar-refractivity contribution in [3.05, 3.63) is 51.2 Å². The molecule has 0 aliphatic rings. The maximum atomic E-state index is 11.2. The number of phenolic OH excluding ortho intramolecular Hbond substituents is 1. The number of phenols is 1. The molecule has 2 aromatic rings. The third kappa shape index (κ3) is 2.91. The number of aliphatic carboxylic acids is 1. The van der Waals surface area contributed by atoms with Gasteiger partial charge in [0, 0.05) is 4.88 Å². The number of benzene rings is 1. The fourth-order valence-corrected chi connectivity index (χ4v) is 2.49. The van der Waals surface area contributed by atoms with Crippen LogP contribution in [-0.2, 0) is 4.79 Å². The van der Waals surface area contributed by atoms with Crippen LogP contribution in [0.15, 0.2) is 36.4 Å². The molecular formula is C13H9ClO3S. The monoisotopic (exact) mass is 280 g/mol. The average molecular weight is 281 g/mol. The van der Waals surface area contributed by atoms with Crippen molar-refractivity contribution >= 4 is 40.6 Å². The molecule has 1 heterocycles. The van der Waals surface area contributed by atoms with E-state index in [4.69, 9.17) is 16.7 Å². The van der Waals surface area contributed by atoms with Gasteiger partial charge in [-0.1, -0.05) is 23.7 Å². The first-order valence-corrected chi connectivity index (χ1v) is 6.25. The van der Waals surface area contributed by atoms with Crippen molar-refractivity contribution in [2.45, 2.75) is 0 Å². The van der Waals surface area contributed by atoms with Gasteiger partial charge in [0.2, 0.25) is 0 Å². The van der Waals surface area contributed by atoms with Crippen LogP contribution in [0.4, 0.5) is 0 Å². The van der Waals surface area contributed by atoms with Gasteiger partial charge in [-0.15, -0.1) is 11.3 Å². The molecule has 1 aromatic heterocycles. The zero-order valence-electron chi connectivity index (χ0n) is 9.13. The van der Waals surface area contributed by atoms with Crippen molar-refractivity contribution in [2.24, 2.45) is 0 Å². The minimum Gasteiger partial charge on any atom is -0.508 e. The van der Waals surface area contributed by atoms with E-state index in [1.54, 1.807) is 30.3 Å². The molecule has 0 aliphatic carbocycles. The fraction of sp³-hybridized carbons (Fsp3) is 0. The third-order valence-electron chi connectivity index (χ3n) is 2.27. The molecule has 0 fully saturated rings. The molecule has 0 aliphatic heterocycles. The number of hydrogen-bond acceptors (Lipinski definition) is 3. The van der Waals surface area contributed by atoms with Gasteiger partial charge in [0.1, 0.15) is 5.75 Å². The highest BCUT2D eigenvalue weighted by molar-refractivity contribution is 7.17. The summed E-state index contributed by atoms with van der Waals surface area (Å²) in [5.41, 5.74) is 0.882. The Labute approximate surface area is 113 Å². The molecule has 0 unspecified atom stereocenters. The van der Waals surface area contributed by atoms with E-state index < -0.39 is 5.97 Å². The Morgan fingerprint density at radius 3 is 2.33 bits per heavy atom. The van der Waals surface area contributed by atoms with Gasteiger partial charge in [0.05, 0.1) is 9.91 Å². The van der Waals surface area contributed by atoms with E-state index in [-0.39, 0.29) is 11.3 Å². The molecule has 3 nitrogen and oxygen atoms in total. The summed E-state index contributed by atoms with van der Waals surface area (Å²) in [5.74, 6) is -0.871. The van der Waals surface area contributed by atoms with Crippen molar-refractivity contribution in [1.82, 2.24) is 0 Å². The van der Waals surface area contributed by atoms with E-state index >= 15 is 0 Å². The molecule has 0 amide bonds. The van der Waals surface area contributed by atoms with E-state index in [0.29, 0.717) is 14.8 Å². The maximum Gasteiger partial charge on any atom is 0.337 e. The smallest absolute Gasteiger partial charge is 0.337 e. The molecule has 92 valence electrons. The average Bonchev–Trinajstić information content (AvgIpc) is 2.74. The van der Waals surface area contributed by atoms with Crippen LogP contribution in [0.2, 0.25) is 4.34 Å². The molecular weight excluding hydrogens is 272 g/mol. The zero-order valence-corrected chi connectivity index (χ0v) is 10.7. The summed E-state index contributed by atoms with van der Waals surface area (Å²) in [4.78, 5) is 11.8. The zero-order chi connectivity index (χ0) is 13.1. The standard InChI is InChI=1S/C13H9ClO3S/c14-12-6-5-11(18-12)10(13(16)17)7-8-1-3-9(15)4-2-8/h1-7,15H,(H,16,17)/b10-7-. The minimum atomic E-state index is -1.01. The first-order chi connectivity index (χ1) is 8.56. The molecule has 2 N–H and O–H groups in total. The Kier molecular flexibility index (Phi) is 3.69. The molecule has 0 atom stereocenters. The number of carboxylic acid groups (broad SMARTS) is 1. The normalized spacial score (nSPS) is 11.5. The molecule has 0 radical (unpaired) electrons. The highest BCUT2D eigenvalue weighted by Crippen LogP contribution is 2.29. The van der Waals surface area contributed by atoms with Gasteiger partial charge in [0.15, 0.2) is 0 Å².